The fourth-order valence-electron chi connectivity index (χ4n) is 2.50. The van der Waals surface area contributed by atoms with Gasteiger partial charge in [0.25, 0.3) is 0 Å². The molecule has 134 valence electrons. The highest BCUT2D eigenvalue weighted by molar-refractivity contribution is 6.05. The number of aromatic nitrogens is 2. The quantitative estimate of drug-likeness (QED) is 0.712. The van der Waals surface area contributed by atoms with Gasteiger partial charge in [0.15, 0.2) is 0 Å². The van der Waals surface area contributed by atoms with Crippen LogP contribution in [0.2, 0.25) is 0 Å². The number of fused-ring (bicyclic) bond motifs is 1. The molecule has 3 aromatic rings. The molecule has 0 atom stereocenters. The van der Waals surface area contributed by atoms with Crippen molar-refractivity contribution < 1.29 is 22.7 Å². The van der Waals surface area contributed by atoms with Crippen molar-refractivity contribution >= 4 is 22.7 Å². The third kappa shape index (κ3) is 3.30. The van der Waals surface area contributed by atoms with Crippen molar-refractivity contribution in [3.05, 3.63) is 53.7 Å². The van der Waals surface area contributed by atoms with E-state index in [4.69, 9.17) is 10.5 Å². The summed E-state index contributed by atoms with van der Waals surface area (Å²) in [4.78, 5) is 20.3. The highest BCUT2D eigenvalue weighted by Crippen LogP contribution is 2.31. The molecule has 0 saturated carbocycles. The van der Waals surface area contributed by atoms with Crippen LogP contribution in [0.5, 0.6) is 0 Å². The molecule has 2 N–H and O–H groups in total. The van der Waals surface area contributed by atoms with Crippen molar-refractivity contribution in [2.75, 3.05) is 12.3 Å². The number of alkyl halides is 3. The zero-order valence-corrected chi connectivity index (χ0v) is 13.7. The number of hydrogen-bond acceptors (Lipinski definition) is 5. The van der Waals surface area contributed by atoms with Gasteiger partial charge in [-0.3, -0.25) is 0 Å². The average molecular weight is 361 g/mol. The molecular formula is C18H14F3N3O2. The number of rotatable bonds is 3. The van der Waals surface area contributed by atoms with E-state index in [0.29, 0.717) is 16.6 Å². The SMILES string of the molecule is CCOC(=O)c1cnc(N)c2nc(-c3ccc(C(F)(F)F)cc3)ccc12. The molecule has 3 rings (SSSR count). The van der Waals surface area contributed by atoms with Crippen LogP contribution in [0.1, 0.15) is 22.8 Å². The second-order valence-electron chi connectivity index (χ2n) is 5.45. The van der Waals surface area contributed by atoms with E-state index in [1.54, 1.807) is 19.1 Å². The zero-order chi connectivity index (χ0) is 18.9. The normalized spacial score (nSPS) is 11.5. The monoisotopic (exact) mass is 361 g/mol. The van der Waals surface area contributed by atoms with E-state index >= 15 is 0 Å². The number of anilines is 1. The first kappa shape index (κ1) is 17.7. The first-order valence-corrected chi connectivity index (χ1v) is 7.71. The molecule has 2 heterocycles. The van der Waals surface area contributed by atoms with Gasteiger partial charge >= 0.3 is 12.1 Å². The number of pyridine rings is 2. The number of carbonyl (C=O) groups excluding carboxylic acids is 1. The second-order valence-corrected chi connectivity index (χ2v) is 5.45. The third-order valence-electron chi connectivity index (χ3n) is 3.76. The maximum absolute atomic E-state index is 12.7. The number of benzene rings is 1. The topological polar surface area (TPSA) is 78.1 Å². The highest BCUT2D eigenvalue weighted by Gasteiger charge is 2.30. The Morgan fingerprint density at radius 2 is 1.85 bits per heavy atom. The first-order valence-electron chi connectivity index (χ1n) is 7.71. The van der Waals surface area contributed by atoms with Crippen LogP contribution in [0.15, 0.2) is 42.6 Å². The van der Waals surface area contributed by atoms with E-state index in [1.165, 1.54) is 18.3 Å². The standard InChI is InChI=1S/C18H14F3N3O2/c1-2-26-17(25)13-9-23-16(22)15-12(13)7-8-14(24-15)10-3-5-11(6-4-10)18(19,20)21/h3-9H,2H2,1H3,(H2,22,23). The number of carbonyl (C=O) groups is 1. The zero-order valence-electron chi connectivity index (χ0n) is 13.7. The van der Waals surface area contributed by atoms with Crippen molar-refractivity contribution in [1.82, 2.24) is 9.97 Å². The molecular weight excluding hydrogens is 347 g/mol. The average Bonchev–Trinajstić information content (AvgIpc) is 2.61. The first-order chi connectivity index (χ1) is 12.3. The minimum Gasteiger partial charge on any atom is -0.462 e. The molecule has 1 aromatic carbocycles. The van der Waals surface area contributed by atoms with Crippen LogP contribution >= 0.6 is 0 Å². The lowest BCUT2D eigenvalue weighted by atomic mass is 10.1. The lowest BCUT2D eigenvalue weighted by Crippen LogP contribution is -2.08. The summed E-state index contributed by atoms with van der Waals surface area (Å²) < 4.78 is 43.0. The summed E-state index contributed by atoms with van der Waals surface area (Å²) in [5.41, 5.74) is 6.52. The minimum atomic E-state index is -4.40. The van der Waals surface area contributed by atoms with Gasteiger partial charge in [0, 0.05) is 17.1 Å². The number of nitrogens with two attached hydrogens (primary N) is 1. The van der Waals surface area contributed by atoms with Crippen molar-refractivity contribution in [2.24, 2.45) is 0 Å². The van der Waals surface area contributed by atoms with Crippen molar-refractivity contribution in [1.29, 1.82) is 0 Å². The Bertz CT molecular complexity index is 970. The van der Waals surface area contributed by atoms with Crippen LogP contribution in [0.25, 0.3) is 22.2 Å². The Morgan fingerprint density at radius 3 is 2.46 bits per heavy atom. The molecule has 0 unspecified atom stereocenters. The summed E-state index contributed by atoms with van der Waals surface area (Å²) in [5, 5.41) is 0.464. The van der Waals surface area contributed by atoms with Gasteiger partial charge in [-0.05, 0) is 31.2 Å². The molecule has 0 saturated heterocycles. The van der Waals surface area contributed by atoms with E-state index in [-0.39, 0.29) is 23.5 Å². The Morgan fingerprint density at radius 1 is 1.15 bits per heavy atom. The van der Waals surface area contributed by atoms with Crippen LogP contribution in [0, 0.1) is 0 Å². The van der Waals surface area contributed by atoms with Gasteiger partial charge in [-0.1, -0.05) is 12.1 Å². The van der Waals surface area contributed by atoms with Crippen LogP contribution in [-0.4, -0.2) is 22.5 Å². The molecule has 0 fully saturated rings. The van der Waals surface area contributed by atoms with E-state index in [2.05, 4.69) is 9.97 Å². The number of halogens is 3. The van der Waals surface area contributed by atoms with Crippen LogP contribution in [-0.2, 0) is 10.9 Å². The van der Waals surface area contributed by atoms with Crippen LogP contribution in [0.4, 0.5) is 19.0 Å². The van der Waals surface area contributed by atoms with Gasteiger partial charge < -0.3 is 10.5 Å². The molecule has 0 amide bonds. The molecule has 0 spiro atoms. The van der Waals surface area contributed by atoms with Gasteiger partial charge in [-0.25, -0.2) is 14.8 Å². The maximum atomic E-state index is 12.7. The number of ether oxygens (including phenoxy) is 1. The van der Waals surface area contributed by atoms with Gasteiger partial charge in [-0.15, -0.1) is 0 Å². The summed E-state index contributed by atoms with van der Waals surface area (Å²) in [7, 11) is 0. The Labute approximate surface area is 146 Å². The molecule has 0 radical (unpaired) electrons. The molecule has 26 heavy (non-hydrogen) atoms. The number of hydrogen-bond donors (Lipinski definition) is 1. The van der Waals surface area contributed by atoms with Crippen LogP contribution < -0.4 is 5.73 Å². The Kier molecular flexibility index (Phi) is 4.50. The van der Waals surface area contributed by atoms with Crippen molar-refractivity contribution in [2.45, 2.75) is 13.1 Å². The Hall–Kier alpha value is -3.16. The lowest BCUT2D eigenvalue weighted by Gasteiger charge is -2.10. The number of nitrogen functional groups attached to an aromatic ring is 1. The second kappa shape index (κ2) is 6.62. The fraction of sp³-hybridized carbons (Fsp3) is 0.167. The lowest BCUT2D eigenvalue weighted by molar-refractivity contribution is -0.137. The molecule has 2 aromatic heterocycles. The molecule has 8 heteroatoms. The van der Waals surface area contributed by atoms with Gasteiger partial charge in [0.2, 0.25) is 0 Å². The molecule has 0 aliphatic heterocycles. The van der Waals surface area contributed by atoms with Gasteiger partial charge in [-0.2, -0.15) is 13.2 Å². The fourth-order valence-corrected chi connectivity index (χ4v) is 2.50. The summed E-state index contributed by atoms with van der Waals surface area (Å²) in [6, 6.07) is 7.86. The smallest absolute Gasteiger partial charge is 0.416 e. The predicted molar refractivity (Wildman–Crippen MR) is 90.3 cm³/mol. The van der Waals surface area contributed by atoms with E-state index in [9.17, 15) is 18.0 Å². The Balaban J connectivity index is 2.07. The summed E-state index contributed by atoms with van der Waals surface area (Å²) in [6.45, 7) is 1.90. The summed E-state index contributed by atoms with van der Waals surface area (Å²) in [6.07, 6.45) is -3.09. The largest absolute Gasteiger partial charge is 0.462 e. The van der Waals surface area contributed by atoms with E-state index in [1.807, 2.05) is 0 Å². The summed E-state index contributed by atoms with van der Waals surface area (Å²) >= 11 is 0. The van der Waals surface area contributed by atoms with Gasteiger partial charge in [0.05, 0.1) is 23.4 Å². The van der Waals surface area contributed by atoms with Crippen LogP contribution in [0.3, 0.4) is 0 Å². The predicted octanol–water partition coefficient (Wildman–Crippen LogP) is 4.07. The molecule has 0 bridgehead atoms. The third-order valence-corrected chi connectivity index (χ3v) is 3.76. The maximum Gasteiger partial charge on any atom is 0.416 e. The number of esters is 1. The van der Waals surface area contributed by atoms with Crippen molar-refractivity contribution in [3.8, 4) is 11.3 Å². The minimum absolute atomic E-state index is 0.113. The number of nitrogens with zero attached hydrogens (tertiary/aromatic N) is 2. The molecule has 5 nitrogen and oxygen atoms in total. The van der Waals surface area contributed by atoms with E-state index < -0.39 is 17.7 Å². The highest BCUT2D eigenvalue weighted by atomic mass is 19.4. The molecule has 0 aliphatic carbocycles. The molecule has 0 aliphatic rings. The summed E-state index contributed by atoms with van der Waals surface area (Å²) in [5.74, 6) is -0.434. The van der Waals surface area contributed by atoms with E-state index in [0.717, 1.165) is 12.1 Å². The van der Waals surface area contributed by atoms with Crippen molar-refractivity contribution in [3.63, 3.8) is 0 Å². The van der Waals surface area contributed by atoms with Gasteiger partial charge in [0.1, 0.15) is 11.3 Å².